The summed E-state index contributed by atoms with van der Waals surface area (Å²) in [5.41, 5.74) is 0.893. The molecule has 6 heteroatoms. The molecule has 1 aromatic carbocycles. The first kappa shape index (κ1) is 16.6. The Kier molecular flexibility index (Phi) is 7.54. The number of halogens is 3. The van der Waals surface area contributed by atoms with E-state index in [-0.39, 0.29) is 6.04 Å². The third-order valence-electron chi connectivity index (χ3n) is 2.44. The Morgan fingerprint density at radius 2 is 2.16 bits per heavy atom. The molecule has 0 radical (unpaired) electrons. The summed E-state index contributed by atoms with van der Waals surface area (Å²) < 4.78 is 0. The van der Waals surface area contributed by atoms with Crippen molar-refractivity contribution in [2.24, 2.45) is 0 Å². The number of thiocarbonyl (C=S) groups is 1. The first-order chi connectivity index (χ1) is 9.10. The van der Waals surface area contributed by atoms with E-state index >= 15 is 0 Å². The molecule has 0 aliphatic heterocycles. The van der Waals surface area contributed by atoms with Crippen molar-refractivity contribution in [3.05, 3.63) is 46.5 Å². The molecule has 1 rings (SSSR count). The number of benzene rings is 1. The van der Waals surface area contributed by atoms with Crippen molar-refractivity contribution >= 4 is 52.1 Å². The van der Waals surface area contributed by atoms with Crippen LogP contribution in [0.3, 0.4) is 0 Å². The maximum Gasteiger partial charge on any atom is 0.166 e. The summed E-state index contributed by atoms with van der Waals surface area (Å²) in [4.78, 5) is 0. The Bertz CT molecular complexity index is 452. The number of hydrogen-bond acceptors (Lipinski definition) is 1. The Labute approximate surface area is 134 Å². The fourth-order valence-corrected chi connectivity index (χ4v) is 2.37. The van der Waals surface area contributed by atoms with E-state index in [2.05, 4.69) is 17.2 Å². The van der Waals surface area contributed by atoms with E-state index < -0.39 is 0 Å². The minimum atomic E-state index is -0.0703. The molecule has 0 amide bonds. The van der Waals surface area contributed by atoms with E-state index in [1.807, 2.05) is 12.1 Å². The molecule has 0 aliphatic carbocycles. The van der Waals surface area contributed by atoms with Crippen LogP contribution in [-0.4, -0.2) is 17.5 Å². The molecule has 1 unspecified atom stereocenters. The van der Waals surface area contributed by atoms with E-state index in [0.29, 0.717) is 34.0 Å². The molecule has 2 N–H and O–H groups in total. The fourth-order valence-electron chi connectivity index (χ4n) is 1.59. The van der Waals surface area contributed by atoms with Crippen LogP contribution < -0.4 is 10.6 Å². The van der Waals surface area contributed by atoms with Crippen molar-refractivity contribution in [1.29, 1.82) is 0 Å². The average molecular weight is 338 g/mol. The molecule has 2 nitrogen and oxygen atoms in total. The molecule has 0 aliphatic rings. The molecule has 104 valence electrons. The van der Waals surface area contributed by atoms with Gasteiger partial charge in [0.2, 0.25) is 0 Å². The normalized spacial score (nSPS) is 11.7. The van der Waals surface area contributed by atoms with Crippen molar-refractivity contribution < 1.29 is 0 Å². The largest absolute Gasteiger partial charge is 0.362 e. The van der Waals surface area contributed by atoms with Crippen LogP contribution in [-0.2, 0) is 0 Å². The molecule has 0 saturated carbocycles. The zero-order valence-corrected chi connectivity index (χ0v) is 13.3. The molecule has 1 atom stereocenters. The third kappa shape index (κ3) is 5.19. The predicted molar refractivity (Wildman–Crippen MR) is 88.5 cm³/mol. The van der Waals surface area contributed by atoms with E-state index in [0.717, 1.165) is 5.56 Å². The molecular formula is C13H15Cl3N2S. The second-order valence-corrected chi connectivity index (χ2v) is 5.38. The quantitative estimate of drug-likeness (QED) is 0.459. The van der Waals surface area contributed by atoms with Crippen molar-refractivity contribution in [2.75, 3.05) is 12.4 Å². The van der Waals surface area contributed by atoms with E-state index in [9.17, 15) is 0 Å². The fraction of sp³-hybridized carbons (Fsp3) is 0.308. The Balaban J connectivity index is 2.85. The number of rotatable bonds is 6. The van der Waals surface area contributed by atoms with Gasteiger partial charge < -0.3 is 10.6 Å². The zero-order chi connectivity index (χ0) is 14.3. The first-order valence-corrected chi connectivity index (χ1v) is 7.45. The second kappa shape index (κ2) is 8.64. The molecule has 0 heterocycles. The zero-order valence-electron chi connectivity index (χ0n) is 10.3. The first-order valence-electron chi connectivity index (χ1n) is 5.75. The molecular weight excluding hydrogens is 323 g/mol. The maximum atomic E-state index is 6.22. The summed E-state index contributed by atoms with van der Waals surface area (Å²) in [6, 6.07) is 5.46. The molecule has 1 aromatic rings. The van der Waals surface area contributed by atoms with E-state index in [1.54, 1.807) is 12.1 Å². The summed E-state index contributed by atoms with van der Waals surface area (Å²) >= 11 is 23.0. The van der Waals surface area contributed by atoms with Crippen LogP contribution in [0, 0.1) is 0 Å². The Morgan fingerprint density at radius 3 is 2.79 bits per heavy atom. The van der Waals surface area contributed by atoms with Crippen LogP contribution in [0.1, 0.15) is 18.0 Å². The van der Waals surface area contributed by atoms with Gasteiger partial charge in [0, 0.05) is 12.4 Å². The van der Waals surface area contributed by atoms with Gasteiger partial charge >= 0.3 is 0 Å². The van der Waals surface area contributed by atoms with Crippen LogP contribution >= 0.6 is 47.0 Å². The second-order valence-electron chi connectivity index (χ2n) is 3.81. The van der Waals surface area contributed by atoms with Crippen LogP contribution in [0.15, 0.2) is 30.9 Å². The molecule has 0 bridgehead atoms. The van der Waals surface area contributed by atoms with Crippen molar-refractivity contribution in [1.82, 2.24) is 10.6 Å². The highest BCUT2D eigenvalue weighted by Crippen LogP contribution is 2.31. The highest BCUT2D eigenvalue weighted by molar-refractivity contribution is 7.80. The number of hydrogen-bond donors (Lipinski definition) is 2. The van der Waals surface area contributed by atoms with Crippen LogP contribution in [0.2, 0.25) is 10.0 Å². The van der Waals surface area contributed by atoms with Crippen LogP contribution in [0.5, 0.6) is 0 Å². The van der Waals surface area contributed by atoms with Crippen molar-refractivity contribution in [3.8, 4) is 0 Å². The van der Waals surface area contributed by atoms with Gasteiger partial charge in [0.25, 0.3) is 0 Å². The van der Waals surface area contributed by atoms with Gasteiger partial charge in [0.15, 0.2) is 5.11 Å². The van der Waals surface area contributed by atoms with Gasteiger partial charge in [0.05, 0.1) is 16.1 Å². The molecule has 0 saturated heterocycles. The summed E-state index contributed by atoms with van der Waals surface area (Å²) in [6.07, 6.45) is 2.49. The van der Waals surface area contributed by atoms with Gasteiger partial charge in [-0.1, -0.05) is 41.4 Å². The summed E-state index contributed by atoms with van der Waals surface area (Å²) in [6.45, 7) is 4.36. The summed E-state index contributed by atoms with van der Waals surface area (Å²) in [7, 11) is 0. The molecule has 19 heavy (non-hydrogen) atoms. The third-order valence-corrected chi connectivity index (χ3v) is 3.73. The minimum Gasteiger partial charge on any atom is -0.362 e. The smallest absolute Gasteiger partial charge is 0.166 e. The molecule has 0 fully saturated rings. The highest BCUT2D eigenvalue weighted by atomic mass is 35.5. The Hall–Kier alpha value is -0.480. The van der Waals surface area contributed by atoms with Gasteiger partial charge in [0.1, 0.15) is 0 Å². The van der Waals surface area contributed by atoms with Crippen molar-refractivity contribution in [3.63, 3.8) is 0 Å². The van der Waals surface area contributed by atoms with Gasteiger partial charge in [-0.25, -0.2) is 0 Å². The molecule has 0 spiro atoms. The van der Waals surface area contributed by atoms with Crippen LogP contribution in [0.25, 0.3) is 0 Å². The van der Waals surface area contributed by atoms with Gasteiger partial charge in [-0.3, -0.25) is 0 Å². The molecule has 0 aromatic heterocycles. The predicted octanol–water partition coefficient (Wildman–Crippen LogP) is 4.31. The SMILES string of the molecule is C=CCC(NC(=S)NCCCl)c1cccc(Cl)c1Cl. The lowest BCUT2D eigenvalue weighted by molar-refractivity contribution is 0.649. The monoisotopic (exact) mass is 336 g/mol. The number of alkyl halides is 1. The average Bonchev–Trinajstić information content (AvgIpc) is 2.39. The van der Waals surface area contributed by atoms with Crippen LogP contribution in [0.4, 0.5) is 0 Å². The highest BCUT2D eigenvalue weighted by Gasteiger charge is 2.15. The lowest BCUT2D eigenvalue weighted by Gasteiger charge is -2.21. The van der Waals surface area contributed by atoms with E-state index in [1.165, 1.54) is 0 Å². The van der Waals surface area contributed by atoms with Gasteiger partial charge in [-0.05, 0) is 30.3 Å². The number of nitrogens with one attached hydrogen (secondary N) is 2. The minimum absolute atomic E-state index is 0.0703. The standard InChI is InChI=1S/C13H15Cl3N2S/c1-2-4-11(18-13(19)17-8-7-14)9-5-3-6-10(15)12(9)16/h2-3,5-6,11H,1,4,7-8H2,(H2,17,18,19). The maximum absolute atomic E-state index is 6.22. The van der Waals surface area contributed by atoms with Gasteiger partial charge in [-0.15, -0.1) is 18.2 Å². The summed E-state index contributed by atoms with van der Waals surface area (Å²) in [5, 5.41) is 7.77. The van der Waals surface area contributed by atoms with Crippen molar-refractivity contribution in [2.45, 2.75) is 12.5 Å². The Morgan fingerprint density at radius 1 is 1.42 bits per heavy atom. The van der Waals surface area contributed by atoms with Gasteiger partial charge in [-0.2, -0.15) is 0 Å². The topological polar surface area (TPSA) is 24.1 Å². The lowest BCUT2D eigenvalue weighted by Crippen LogP contribution is -2.38. The summed E-state index contributed by atoms with van der Waals surface area (Å²) in [5.74, 6) is 0.492. The van der Waals surface area contributed by atoms with E-state index in [4.69, 9.17) is 47.0 Å². The lowest BCUT2D eigenvalue weighted by atomic mass is 10.0.